The first-order valence-electron chi connectivity index (χ1n) is 13.1. The van der Waals surface area contributed by atoms with Gasteiger partial charge < -0.3 is 28.8 Å². The van der Waals surface area contributed by atoms with Crippen molar-refractivity contribution in [3.63, 3.8) is 0 Å². The van der Waals surface area contributed by atoms with Crippen molar-refractivity contribution >= 4 is 0 Å². The molecule has 6 nitrogen and oxygen atoms in total. The molecule has 0 aromatic heterocycles. The normalized spacial score (nSPS) is 32.6. The van der Waals surface area contributed by atoms with E-state index in [1.54, 1.807) is 0 Å². The summed E-state index contributed by atoms with van der Waals surface area (Å²) in [4.78, 5) is 0. The Balaban J connectivity index is 2.39. The number of hydrogen-bond acceptors (Lipinski definition) is 6. The first-order valence-corrected chi connectivity index (χ1v) is 13.1. The number of unbranched alkanes of at least 4 members (excludes halogenated alkanes) is 4. The molecule has 0 radical (unpaired) electrons. The van der Waals surface area contributed by atoms with Crippen LogP contribution in [-0.4, -0.2) is 74.3 Å². The maximum Gasteiger partial charge on any atom is 0.125 e. The van der Waals surface area contributed by atoms with Gasteiger partial charge in [0.05, 0.1) is 6.61 Å². The van der Waals surface area contributed by atoms with Gasteiger partial charge >= 0.3 is 0 Å². The molecule has 1 aliphatic heterocycles. The van der Waals surface area contributed by atoms with E-state index >= 15 is 0 Å². The fraction of sp³-hybridized carbons (Fsp3) is 0.923. The lowest BCUT2D eigenvalue weighted by Gasteiger charge is -2.54. The monoisotopic (exact) mass is 456 g/mol. The molecule has 188 valence electrons. The molecule has 1 saturated carbocycles. The van der Waals surface area contributed by atoms with Gasteiger partial charge in [-0.15, -0.1) is 0 Å². The van der Waals surface area contributed by atoms with Crippen LogP contribution in [-0.2, 0) is 23.7 Å². The Morgan fingerprint density at radius 3 is 1.78 bits per heavy atom. The molecule has 1 aliphatic carbocycles. The second-order valence-corrected chi connectivity index (χ2v) is 9.13. The van der Waals surface area contributed by atoms with Gasteiger partial charge in [-0.25, -0.2) is 0 Å². The van der Waals surface area contributed by atoms with Crippen LogP contribution < -0.4 is 0 Å². The molecule has 0 aromatic carbocycles. The Bertz CT molecular complexity index is 513. The summed E-state index contributed by atoms with van der Waals surface area (Å²) in [7, 11) is 0. The minimum absolute atomic E-state index is 0.342. The van der Waals surface area contributed by atoms with E-state index in [0.717, 1.165) is 51.4 Å². The number of aliphatic hydroxyl groups is 1. The second-order valence-electron chi connectivity index (χ2n) is 9.13. The van der Waals surface area contributed by atoms with Crippen molar-refractivity contribution in [2.75, 3.05) is 33.0 Å². The first kappa shape index (κ1) is 27.7. The molecule has 2 aliphatic rings. The molecular weight excluding hydrogens is 408 g/mol. The highest BCUT2D eigenvalue weighted by Gasteiger charge is 2.61. The Hall–Kier alpha value is -0.500. The van der Waals surface area contributed by atoms with E-state index in [1.807, 2.05) is 12.2 Å². The van der Waals surface area contributed by atoms with E-state index in [0.29, 0.717) is 39.5 Å². The number of fused-ring (bicyclic) bond motifs is 1. The van der Waals surface area contributed by atoms with Gasteiger partial charge in [0.15, 0.2) is 0 Å². The molecule has 6 atom stereocenters. The molecule has 0 amide bonds. The number of rotatable bonds is 16. The standard InChI is InChI=1S/C26H48O6/c1-5-9-16-28-21-22(29-17-10-6-2)24(31-19-12-8-4)26(27)15-13-14-20-32-25(26)23(21)30-18-11-7-3/h13-14,21-25,27H,5-12,15-20H2,1-4H3/t21-,22-,23+,24+,25-,26+/m0/s1. The Morgan fingerprint density at radius 1 is 0.719 bits per heavy atom. The molecule has 1 heterocycles. The van der Waals surface area contributed by atoms with Gasteiger partial charge in [0, 0.05) is 26.4 Å². The average molecular weight is 457 g/mol. The molecule has 0 bridgehead atoms. The van der Waals surface area contributed by atoms with Crippen LogP contribution in [0.4, 0.5) is 0 Å². The van der Waals surface area contributed by atoms with Crippen LogP contribution in [0.2, 0.25) is 0 Å². The lowest BCUT2D eigenvalue weighted by Crippen LogP contribution is -2.73. The molecule has 1 fully saturated rings. The van der Waals surface area contributed by atoms with Crippen molar-refractivity contribution in [3.8, 4) is 0 Å². The van der Waals surface area contributed by atoms with Crippen LogP contribution in [0.25, 0.3) is 0 Å². The molecular formula is C26H48O6. The highest BCUT2D eigenvalue weighted by atomic mass is 16.6. The summed E-state index contributed by atoms with van der Waals surface area (Å²) in [6.07, 6.45) is 10.2. The van der Waals surface area contributed by atoms with E-state index < -0.39 is 30.0 Å². The average Bonchev–Trinajstić information content (AvgIpc) is 2.99. The third-order valence-electron chi connectivity index (χ3n) is 6.43. The summed E-state index contributed by atoms with van der Waals surface area (Å²) in [5.41, 5.74) is -1.22. The summed E-state index contributed by atoms with van der Waals surface area (Å²) in [5.74, 6) is 0. The maximum absolute atomic E-state index is 12.1. The highest BCUT2D eigenvalue weighted by molar-refractivity contribution is 5.15. The predicted octanol–water partition coefficient (Wildman–Crippen LogP) is 4.82. The second kappa shape index (κ2) is 15.4. The molecule has 1 N–H and O–H groups in total. The zero-order valence-electron chi connectivity index (χ0n) is 20.9. The SMILES string of the molecule is CCCCO[C@@H]1[C@@H](OCCCC)[C@@H]2OCC=CC[C@@]2(O)[C@H](OCCCC)[C@H]1OCCCC. The molecule has 0 aromatic rings. The zero-order chi connectivity index (χ0) is 23.2. The van der Waals surface area contributed by atoms with Crippen molar-refractivity contribution in [1.82, 2.24) is 0 Å². The van der Waals surface area contributed by atoms with Gasteiger partial charge in [-0.1, -0.05) is 65.5 Å². The smallest absolute Gasteiger partial charge is 0.125 e. The van der Waals surface area contributed by atoms with Crippen molar-refractivity contribution in [2.24, 2.45) is 0 Å². The third kappa shape index (κ3) is 7.51. The van der Waals surface area contributed by atoms with Gasteiger partial charge in [0.2, 0.25) is 0 Å². The molecule has 0 spiro atoms. The predicted molar refractivity (Wildman–Crippen MR) is 127 cm³/mol. The number of ether oxygens (including phenoxy) is 5. The van der Waals surface area contributed by atoms with Crippen LogP contribution >= 0.6 is 0 Å². The summed E-state index contributed by atoms with van der Waals surface area (Å²) in [6, 6.07) is 0. The summed E-state index contributed by atoms with van der Waals surface area (Å²) >= 11 is 0. The lowest BCUT2D eigenvalue weighted by atomic mass is 9.72. The van der Waals surface area contributed by atoms with Crippen molar-refractivity contribution in [3.05, 3.63) is 12.2 Å². The van der Waals surface area contributed by atoms with Gasteiger partial charge in [0.25, 0.3) is 0 Å². The topological polar surface area (TPSA) is 66.4 Å². The quantitative estimate of drug-likeness (QED) is 0.265. The van der Waals surface area contributed by atoms with E-state index in [4.69, 9.17) is 23.7 Å². The first-order chi connectivity index (χ1) is 15.6. The molecule has 0 saturated heterocycles. The van der Waals surface area contributed by atoms with Crippen molar-refractivity contribution in [1.29, 1.82) is 0 Å². The molecule has 0 unspecified atom stereocenters. The van der Waals surface area contributed by atoms with Gasteiger partial charge in [-0.3, -0.25) is 0 Å². The maximum atomic E-state index is 12.1. The van der Waals surface area contributed by atoms with E-state index in [9.17, 15) is 5.11 Å². The summed E-state index contributed by atoms with van der Waals surface area (Å²) in [6.45, 7) is 11.5. The minimum atomic E-state index is -1.22. The van der Waals surface area contributed by atoms with E-state index in [2.05, 4.69) is 27.7 Å². The van der Waals surface area contributed by atoms with Crippen molar-refractivity contribution in [2.45, 2.75) is 122 Å². The largest absolute Gasteiger partial charge is 0.384 e. The number of hydrogen-bond donors (Lipinski definition) is 1. The van der Waals surface area contributed by atoms with Gasteiger partial charge in [-0.05, 0) is 32.1 Å². The summed E-state index contributed by atoms with van der Waals surface area (Å²) in [5, 5.41) is 12.1. The minimum Gasteiger partial charge on any atom is -0.384 e. The Morgan fingerprint density at radius 2 is 1.22 bits per heavy atom. The third-order valence-corrected chi connectivity index (χ3v) is 6.43. The van der Waals surface area contributed by atoms with Crippen molar-refractivity contribution < 1.29 is 28.8 Å². The van der Waals surface area contributed by atoms with E-state index in [1.165, 1.54) is 0 Å². The van der Waals surface area contributed by atoms with Crippen LogP contribution in [0.1, 0.15) is 85.5 Å². The van der Waals surface area contributed by atoms with Crippen LogP contribution in [0.3, 0.4) is 0 Å². The van der Waals surface area contributed by atoms with Gasteiger partial charge in [-0.2, -0.15) is 0 Å². The van der Waals surface area contributed by atoms with Gasteiger partial charge in [0.1, 0.15) is 36.1 Å². The zero-order valence-corrected chi connectivity index (χ0v) is 20.9. The van der Waals surface area contributed by atoms with Crippen LogP contribution in [0, 0.1) is 0 Å². The molecule has 2 rings (SSSR count). The van der Waals surface area contributed by atoms with Crippen LogP contribution in [0.15, 0.2) is 12.2 Å². The van der Waals surface area contributed by atoms with Crippen LogP contribution in [0.5, 0.6) is 0 Å². The fourth-order valence-electron chi connectivity index (χ4n) is 4.47. The molecule has 6 heteroatoms. The highest BCUT2D eigenvalue weighted by Crippen LogP contribution is 2.42. The lowest BCUT2D eigenvalue weighted by molar-refractivity contribution is -0.305. The summed E-state index contributed by atoms with van der Waals surface area (Å²) < 4.78 is 31.9. The molecule has 32 heavy (non-hydrogen) atoms. The van der Waals surface area contributed by atoms with E-state index in [-0.39, 0.29) is 6.10 Å². The Labute approximate surface area is 196 Å². The fourth-order valence-corrected chi connectivity index (χ4v) is 4.47. The Kier molecular flexibility index (Phi) is 13.4.